The van der Waals surface area contributed by atoms with Crippen LogP contribution in [0.4, 0.5) is 5.95 Å². The molecule has 0 aliphatic heterocycles. The van der Waals surface area contributed by atoms with Crippen molar-refractivity contribution in [3.63, 3.8) is 0 Å². The third-order valence-electron chi connectivity index (χ3n) is 2.37. The average Bonchev–Trinajstić information content (AvgIpc) is 2.98. The molecule has 0 aliphatic carbocycles. The van der Waals surface area contributed by atoms with Crippen molar-refractivity contribution in [3.05, 3.63) is 18.5 Å². The number of aromatic nitrogens is 5. The first-order valence-corrected chi connectivity index (χ1v) is 7.43. The number of ether oxygens (including phenoxy) is 1. The molecule has 0 saturated carbocycles. The first kappa shape index (κ1) is 14.7. The molecule has 7 nitrogen and oxygen atoms in total. The number of anilines is 1. The summed E-state index contributed by atoms with van der Waals surface area (Å²) in [5, 5.41) is 7.95. The molecule has 8 heteroatoms. The summed E-state index contributed by atoms with van der Waals surface area (Å²) in [6.07, 6.45) is 4.47. The van der Waals surface area contributed by atoms with Crippen molar-refractivity contribution in [2.75, 3.05) is 31.3 Å². The SMILES string of the molecule is CCNc1nc(SCCCOC)nc(-n2cccn2)n1. The fraction of sp³-hybridized carbons (Fsp3) is 0.500. The molecule has 0 fully saturated rings. The van der Waals surface area contributed by atoms with Gasteiger partial charge in [0.05, 0.1) is 0 Å². The van der Waals surface area contributed by atoms with Gasteiger partial charge >= 0.3 is 0 Å². The summed E-state index contributed by atoms with van der Waals surface area (Å²) in [6, 6.07) is 1.84. The lowest BCUT2D eigenvalue weighted by molar-refractivity contribution is 0.200. The summed E-state index contributed by atoms with van der Waals surface area (Å²) in [7, 11) is 1.70. The highest BCUT2D eigenvalue weighted by Gasteiger charge is 2.08. The van der Waals surface area contributed by atoms with Crippen LogP contribution in [0.1, 0.15) is 13.3 Å². The highest BCUT2D eigenvalue weighted by molar-refractivity contribution is 7.99. The second kappa shape index (κ2) is 7.81. The van der Waals surface area contributed by atoms with Crippen molar-refractivity contribution in [1.82, 2.24) is 24.7 Å². The van der Waals surface area contributed by atoms with Gasteiger partial charge in [0.15, 0.2) is 5.16 Å². The van der Waals surface area contributed by atoms with Gasteiger partial charge in [-0.1, -0.05) is 11.8 Å². The molecule has 0 radical (unpaired) electrons. The monoisotopic (exact) mass is 294 g/mol. The van der Waals surface area contributed by atoms with Crippen LogP contribution in [0.5, 0.6) is 0 Å². The zero-order chi connectivity index (χ0) is 14.2. The lowest BCUT2D eigenvalue weighted by Gasteiger charge is -2.07. The molecule has 2 aromatic rings. The zero-order valence-electron chi connectivity index (χ0n) is 11.6. The molecule has 0 unspecified atom stereocenters. The van der Waals surface area contributed by atoms with E-state index in [1.807, 2.05) is 19.2 Å². The van der Waals surface area contributed by atoms with Crippen LogP contribution < -0.4 is 5.32 Å². The maximum absolute atomic E-state index is 5.03. The molecular weight excluding hydrogens is 276 g/mol. The predicted octanol–water partition coefficient (Wildman–Crippen LogP) is 1.62. The number of hydrogen-bond donors (Lipinski definition) is 1. The molecule has 0 spiro atoms. The predicted molar refractivity (Wildman–Crippen MR) is 78.3 cm³/mol. The number of rotatable bonds is 8. The third-order valence-corrected chi connectivity index (χ3v) is 3.30. The number of nitrogens with zero attached hydrogens (tertiary/aromatic N) is 5. The van der Waals surface area contributed by atoms with Crippen molar-refractivity contribution in [1.29, 1.82) is 0 Å². The van der Waals surface area contributed by atoms with Crippen molar-refractivity contribution in [2.45, 2.75) is 18.5 Å². The van der Waals surface area contributed by atoms with Crippen LogP contribution in [0, 0.1) is 0 Å². The summed E-state index contributed by atoms with van der Waals surface area (Å²) in [5.41, 5.74) is 0. The zero-order valence-corrected chi connectivity index (χ0v) is 12.4. The third kappa shape index (κ3) is 4.17. The summed E-state index contributed by atoms with van der Waals surface area (Å²) in [6.45, 7) is 3.50. The Morgan fingerprint density at radius 1 is 1.35 bits per heavy atom. The summed E-state index contributed by atoms with van der Waals surface area (Å²) in [5.74, 6) is 2.00. The largest absolute Gasteiger partial charge is 0.385 e. The Morgan fingerprint density at radius 3 is 2.95 bits per heavy atom. The molecule has 0 amide bonds. The van der Waals surface area contributed by atoms with E-state index in [-0.39, 0.29) is 0 Å². The number of methoxy groups -OCH3 is 1. The highest BCUT2D eigenvalue weighted by atomic mass is 32.2. The van der Waals surface area contributed by atoms with Gasteiger partial charge in [-0.3, -0.25) is 0 Å². The second-order valence-corrected chi connectivity index (χ2v) is 4.98. The Balaban J connectivity index is 2.13. The maximum atomic E-state index is 5.03. The van der Waals surface area contributed by atoms with Crippen LogP contribution in [-0.2, 0) is 4.74 Å². The fourth-order valence-corrected chi connectivity index (χ4v) is 2.25. The quantitative estimate of drug-likeness (QED) is 0.585. The minimum Gasteiger partial charge on any atom is -0.385 e. The van der Waals surface area contributed by atoms with E-state index >= 15 is 0 Å². The number of thioether (sulfide) groups is 1. The standard InChI is InChI=1S/C12H18N6OS/c1-3-13-10-15-11(18-7-4-6-14-18)17-12(16-10)20-9-5-8-19-2/h4,6-7H,3,5,8-9H2,1-2H3,(H,13,15,16,17). The van der Waals surface area contributed by atoms with E-state index in [0.717, 1.165) is 25.3 Å². The number of nitrogens with one attached hydrogen (secondary N) is 1. The van der Waals surface area contributed by atoms with Gasteiger partial charge in [0.2, 0.25) is 5.95 Å². The molecule has 0 atom stereocenters. The van der Waals surface area contributed by atoms with Gasteiger partial charge in [-0.2, -0.15) is 20.1 Å². The van der Waals surface area contributed by atoms with Crippen molar-refractivity contribution < 1.29 is 4.74 Å². The average molecular weight is 294 g/mol. The van der Waals surface area contributed by atoms with Crippen LogP contribution in [-0.4, -0.2) is 50.7 Å². The Bertz CT molecular complexity index is 519. The van der Waals surface area contributed by atoms with Gasteiger partial charge in [-0.15, -0.1) is 0 Å². The topological polar surface area (TPSA) is 77.8 Å². The minimum atomic E-state index is 0.523. The van der Waals surface area contributed by atoms with E-state index in [0.29, 0.717) is 17.1 Å². The molecule has 1 N–H and O–H groups in total. The van der Waals surface area contributed by atoms with Crippen LogP contribution in [0.15, 0.2) is 23.6 Å². The van der Waals surface area contributed by atoms with Crippen LogP contribution in [0.3, 0.4) is 0 Å². The lowest BCUT2D eigenvalue weighted by atomic mass is 10.5. The van der Waals surface area contributed by atoms with Gasteiger partial charge in [-0.25, -0.2) is 4.68 Å². The molecule has 20 heavy (non-hydrogen) atoms. The molecule has 2 rings (SSSR count). The first-order valence-electron chi connectivity index (χ1n) is 6.45. The van der Waals surface area contributed by atoms with E-state index in [4.69, 9.17) is 4.74 Å². The van der Waals surface area contributed by atoms with E-state index < -0.39 is 0 Å². The highest BCUT2D eigenvalue weighted by Crippen LogP contribution is 2.16. The minimum absolute atomic E-state index is 0.523. The molecule has 0 aromatic carbocycles. The van der Waals surface area contributed by atoms with Gasteiger partial charge in [0, 0.05) is 38.4 Å². The van der Waals surface area contributed by atoms with Gasteiger partial charge < -0.3 is 10.1 Å². The summed E-state index contributed by atoms with van der Waals surface area (Å²) >= 11 is 1.59. The normalized spacial score (nSPS) is 10.7. The van der Waals surface area contributed by atoms with Crippen molar-refractivity contribution >= 4 is 17.7 Å². The molecule has 0 saturated heterocycles. The van der Waals surface area contributed by atoms with E-state index in [2.05, 4.69) is 25.4 Å². The molecule has 2 aromatic heterocycles. The summed E-state index contributed by atoms with van der Waals surface area (Å²) in [4.78, 5) is 13.1. The Morgan fingerprint density at radius 2 is 2.25 bits per heavy atom. The molecule has 0 bridgehead atoms. The molecule has 108 valence electrons. The van der Waals surface area contributed by atoms with Crippen molar-refractivity contribution in [3.8, 4) is 5.95 Å². The molecule has 2 heterocycles. The Kier molecular flexibility index (Phi) is 5.75. The maximum Gasteiger partial charge on any atom is 0.256 e. The smallest absolute Gasteiger partial charge is 0.256 e. The number of hydrogen-bond acceptors (Lipinski definition) is 7. The van der Waals surface area contributed by atoms with Crippen LogP contribution in [0.25, 0.3) is 5.95 Å². The molecule has 0 aliphatic rings. The van der Waals surface area contributed by atoms with Crippen LogP contribution in [0.2, 0.25) is 0 Å². The first-order chi connectivity index (χ1) is 9.83. The van der Waals surface area contributed by atoms with Gasteiger partial charge in [0.25, 0.3) is 5.95 Å². The fourth-order valence-electron chi connectivity index (χ4n) is 1.50. The second-order valence-electron chi connectivity index (χ2n) is 3.92. The van der Waals surface area contributed by atoms with E-state index in [1.165, 1.54) is 0 Å². The Labute approximate surface area is 122 Å². The summed E-state index contributed by atoms with van der Waals surface area (Å²) < 4.78 is 6.66. The van der Waals surface area contributed by atoms with Crippen molar-refractivity contribution in [2.24, 2.45) is 0 Å². The van der Waals surface area contributed by atoms with E-state index in [9.17, 15) is 0 Å². The lowest BCUT2D eigenvalue weighted by Crippen LogP contribution is -2.10. The van der Waals surface area contributed by atoms with Gasteiger partial charge in [-0.05, 0) is 19.4 Å². The van der Waals surface area contributed by atoms with E-state index in [1.54, 1.807) is 29.8 Å². The Hall–Kier alpha value is -1.67. The van der Waals surface area contributed by atoms with Crippen LogP contribution >= 0.6 is 11.8 Å². The molecular formula is C12H18N6OS. The van der Waals surface area contributed by atoms with Gasteiger partial charge in [0.1, 0.15) is 0 Å².